The Labute approximate surface area is 151 Å². The molecule has 0 saturated heterocycles. The summed E-state index contributed by atoms with van der Waals surface area (Å²) in [6, 6.07) is 7.56. The Kier molecular flexibility index (Phi) is 3.60. The number of nitrogens with zero attached hydrogens (tertiary/aromatic N) is 2. The molecule has 0 amide bonds. The fraction of sp³-hybridized carbons (Fsp3) is 0.0588. The van der Waals surface area contributed by atoms with Crippen LogP contribution in [0, 0.1) is 6.92 Å². The lowest BCUT2D eigenvalue weighted by atomic mass is 9.60. The SMILES string of the molecule is [B]c1c([B])c([B])c(-c2nc(C)nc3oc4ccccc4c23)c([B])c1[B]. The predicted molar refractivity (Wildman–Crippen MR) is 106 cm³/mol. The van der Waals surface area contributed by atoms with Crippen molar-refractivity contribution in [3.63, 3.8) is 0 Å². The Hall–Kier alpha value is -2.36. The van der Waals surface area contributed by atoms with Crippen LogP contribution in [0.15, 0.2) is 28.7 Å². The van der Waals surface area contributed by atoms with Crippen LogP contribution in [-0.2, 0) is 0 Å². The molecular weight excluding hydrogens is 302 g/mol. The number of benzene rings is 2. The van der Waals surface area contributed by atoms with E-state index in [1.165, 1.54) is 0 Å². The molecule has 0 bridgehead atoms. The van der Waals surface area contributed by atoms with Crippen LogP contribution in [0.3, 0.4) is 0 Å². The Morgan fingerprint density at radius 3 is 2.08 bits per heavy atom. The van der Waals surface area contributed by atoms with E-state index in [0.29, 0.717) is 33.8 Å². The number of aromatic nitrogens is 2. The molecule has 4 aromatic rings. The smallest absolute Gasteiger partial charge is 0.231 e. The highest BCUT2D eigenvalue weighted by Crippen LogP contribution is 2.33. The number of fused-ring (bicyclic) bond motifs is 3. The molecule has 0 saturated carbocycles. The molecule has 4 rings (SSSR count). The van der Waals surface area contributed by atoms with E-state index in [-0.39, 0.29) is 27.3 Å². The predicted octanol–water partition coefficient (Wildman–Crippen LogP) is -1.68. The molecule has 10 radical (unpaired) electrons. The fourth-order valence-electron chi connectivity index (χ4n) is 3.02. The third-order valence-corrected chi connectivity index (χ3v) is 4.29. The molecule has 2 aromatic carbocycles. The quantitative estimate of drug-likeness (QED) is 0.394. The van der Waals surface area contributed by atoms with Gasteiger partial charge in [0.25, 0.3) is 0 Å². The maximum Gasteiger partial charge on any atom is 0.231 e. The Morgan fingerprint density at radius 1 is 0.800 bits per heavy atom. The van der Waals surface area contributed by atoms with Crippen molar-refractivity contribution in [3.8, 4) is 11.3 Å². The lowest BCUT2D eigenvalue weighted by molar-refractivity contribution is 0.651. The van der Waals surface area contributed by atoms with Gasteiger partial charge in [-0.2, -0.15) is 4.98 Å². The average Bonchev–Trinajstić information content (AvgIpc) is 2.96. The van der Waals surface area contributed by atoms with Crippen molar-refractivity contribution in [3.05, 3.63) is 30.1 Å². The molecule has 0 spiro atoms. The lowest BCUT2D eigenvalue weighted by Gasteiger charge is -2.21. The highest BCUT2D eigenvalue weighted by atomic mass is 16.3. The second kappa shape index (κ2) is 5.58. The summed E-state index contributed by atoms with van der Waals surface area (Å²) in [6.45, 7) is 1.76. The first-order valence-electron chi connectivity index (χ1n) is 7.57. The van der Waals surface area contributed by atoms with Gasteiger partial charge >= 0.3 is 0 Å². The molecule has 0 aliphatic heterocycles. The monoisotopic (exact) mass is 310 g/mol. The van der Waals surface area contributed by atoms with Gasteiger partial charge in [0.2, 0.25) is 5.71 Å². The van der Waals surface area contributed by atoms with Gasteiger partial charge in [-0.3, -0.25) is 0 Å². The van der Waals surface area contributed by atoms with Crippen LogP contribution in [0.25, 0.3) is 33.3 Å². The minimum absolute atomic E-state index is 0.165. The third kappa shape index (κ3) is 2.27. The summed E-state index contributed by atoms with van der Waals surface area (Å²) in [5.74, 6) is 0.509. The van der Waals surface area contributed by atoms with E-state index >= 15 is 0 Å². The number of furan rings is 1. The number of hydrogen-bond donors (Lipinski definition) is 0. The molecule has 0 unspecified atom stereocenters. The zero-order valence-corrected chi connectivity index (χ0v) is 13.5. The van der Waals surface area contributed by atoms with Crippen LogP contribution in [0.4, 0.5) is 0 Å². The van der Waals surface area contributed by atoms with Crippen LogP contribution in [-0.4, -0.2) is 49.2 Å². The second-order valence-corrected chi connectivity index (χ2v) is 5.84. The van der Waals surface area contributed by atoms with Gasteiger partial charge in [0, 0.05) is 5.39 Å². The average molecular weight is 309 g/mol. The van der Waals surface area contributed by atoms with Gasteiger partial charge in [-0.05, 0) is 18.6 Å². The van der Waals surface area contributed by atoms with Gasteiger partial charge in [-0.1, -0.05) is 29.1 Å². The Bertz CT molecular complexity index is 1140. The zero-order valence-electron chi connectivity index (χ0n) is 13.5. The summed E-state index contributed by atoms with van der Waals surface area (Å²) in [5, 5.41) is 1.54. The van der Waals surface area contributed by atoms with Crippen LogP contribution in [0.2, 0.25) is 0 Å². The number of hydrogen-bond acceptors (Lipinski definition) is 3. The van der Waals surface area contributed by atoms with Crippen molar-refractivity contribution >= 4 is 88.6 Å². The molecule has 8 heteroatoms. The van der Waals surface area contributed by atoms with E-state index in [4.69, 9.17) is 43.6 Å². The fourth-order valence-corrected chi connectivity index (χ4v) is 3.02. The molecule has 0 fully saturated rings. The molecule has 3 nitrogen and oxygen atoms in total. The van der Waals surface area contributed by atoms with E-state index < -0.39 is 0 Å². The summed E-state index contributed by atoms with van der Waals surface area (Å²) < 4.78 is 5.84. The van der Waals surface area contributed by atoms with Crippen molar-refractivity contribution in [1.82, 2.24) is 9.97 Å². The van der Waals surface area contributed by atoms with Crippen molar-refractivity contribution in [2.75, 3.05) is 0 Å². The summed E-state index contributed by atoms with van der Waals surface area (Å²) >= 11 is 0. The van der Waals surface area contributed by atoms with Crippen molar-refractivity contribution in [2.24, 2.45) is 0 Å². The first-order chi connectivity index (χ1) is 11.9. The molecular formula is C17H7B5N2O. The highest BCUT2D eigenvalue weighted by Gasteiger charge is 2.20. The van der Waals surface area contributed by atoms with Crippen LogP contribution in [0.1, 0.15) is 5.82 Å². The number of para-hydroxylation sites is 1. The summed E-state index contributed by atoms with van der Waals surface area (Å²) in [7, 11) is 30.3. The summed E-state index contributed by atoms with van der Waals surface area (Å²) in [4.78, 5) is 8.92. The summed E-state index contributed by atoms with van der Waals surface area (Å²) in [5.41, 5.74) is 3.06. The molecule has 2 heterocycles. The zero-order chi connectivity index (χ0) is 17.9. The van der Waals surface area contributed by atoms with E-state index in [9.17, 15) is 0 Å². The van der Waals surface area contributed by atoms with E-state index in [1.807, 2.05) is 24.3 Å². The molecule has 106 valence electrons. The number of rotatable bonds is 1. The van der Waals surface area contributed by atoms with Crippen LogP contribution >= 0.6 is 0 Å². The van der Waals surface area contributed by atoms with Crippen LogP contribution in [0.5, 0.6) is 0 Å². The summed E-state index contributed by atoms with van der Waals surface area (Å²) in [6.07, 6.45) is 0. The molecule has 0 N–H and O–H groups in total. The van der Waals surface area contributed by atoms with Crippen molar-refractivity contribution in [1.29, 1.82) is 0 Å². The van der Waals surface area contributed by atoms with Gasteiger partial charge in [-0.15, -0.1) is 16.4 Å². The minimum Gasteiger partial charge on any atom is -0.438 e. The van der Waals surface area contributed by atoms with Crippen LogP contribution < -0.4 is 27.3 Å². The van der Waals surface area contributed by atoms with E-state index in [2.05, 4.69) is 9.97 Å². The topological polar surface area (TPSA) is 38.9 Å². The minimum atomic E-state index is 0.165. The molecule has 25 heavy (non-hydrogen) atoms. The molecule has 2 aromatic heterocycles. The van der Waals surface area contributed by atoms with Gasteiger partial charge in [0.05, 0.1) is 11.1 Å². The normalized spacial score (nSPS) is 11.4. The van der Waals surface area contributed by atoms with Crippen molar-refractivity contribution in [2.45, 2.75) is 6.92 Å². The maximum absolute atomic E-state index is 6.21. The van der Waals surface area contributed by atoms with Gasteiger partial charge in [0.1, 0.15) is 50.6 Å². The van der Waals surface area contributed by atoms with Gasteiger partial charge in [-0.25, -0.2) is 4.98 Å². The third-order valence-electron chi connectivity index (χ3n) is 4.29. The maximum atomic E-state index is 6.21. The highest BCUT2D eigenvalue weighted by molar-refractivity contribution is 6.68. The van der Waals surface area contributed by atoms with E-state index in [0.717, 1.165) is 5.39 Å². The molecule has 0 atom stereocenters. The Balaban J connectivity index is 2.23. The van der Waals surface area contributed by atoms with Crippen molar-refractivity contribution < 1.29 is 4.42 Å². The second-order valence-electron chi connectivity index (χ2n) is 5.84. The lowest BCUT2D eigenvalue weighted by Crippen LogP contribution is -2.55. The van der Waals surface area contributed by atoms with E-state index in [1.54, 1.807) is 6.92 Å². The Morgan fingerprint density at radius 2 is 1.40 bits per heavy atom. The van der Waals surface area contributed by atoms with Gasteiger partial charge in [0.15, 0.2) is 0 Å². The largest absolute Gasteiger partial charge is 0.438 e. The van der Waals surface area contributed by atoms with Gasteiger partial charge < -0.3 is 4.42 Å². The molecule has 0 aliphatic carbocycles. The first-order valence-corrected chi connectivity index (χ1v) is 7.57. The molecule has 0 aliphatic rings. The standard InChI is InChI=1S/C17H7B5N2O/c1-6-23-16(10-11(18)13(20)15(22)14(21)12(10)19)9-7-4-2-3-5-8(7)25-17(9)24-6/h2-5H,1H3. The first kappa shape index (κ1) is 16.1. The number of aryl methyl sites for hydroxylation is 1.